The number of anilines is 1. The number of hydrogen-bond donors (Lipinski definition) is 1. The van der Waals surface area contributed by atoms with Gasteiger partial charge in [0.2, 0.25) is 15.9 Å². The Balaban J connectivity index is 1.79. The van der Waals surface area contributed by atoms with E-state index in [1.54, 1.807) is 18.2 Å². The van der Waals surface area contributed by atoms with Gasteiger partial charge in [0.1, 0.15) is 0 Å². The monoisotopic (exact) mass is 428 g/mol. The van der Waals surface area contributed by atoms with Crippen molar-refractivity contribution in [3.05, 3.63) is 64.2 Å². The van der Waals surface area contributed by atoms with E-state index in [1.165, 1.54) is 22.0 Å². The van der Waals surface area contributed by atoms with Gasteiger partial charge in [-0.3, -0.25) is 4.79 Å². The van der Waals surface area contributed by atoms with E-state index < -0.39 is 10.0 Å². The van der Waals surface area contributed by atoms with Crippen molar-refractivity contribution in [2.45, 2.75) is 32.6 Å². The molecule has 1 aliphatic heterocycles. The summed E-state index contributed by atoms with van der Waals surface area (Å²) in [5.74, 6) is -0.309. The normalized spacial score (nSPS) is 15.5. The molecule has 1 N–H and O–H groups in total. The predicted molar refractivity (Wildman–Crippen MR) is 119 cm³/mol. The number of nitrogens with one attached hydrogen (secondary N) is 1. The van der Waals surface area contributed by atoms with Crippen molar-refractivity contribution in [2.75, 3.05) is 31.6 Å². The lowest BCUT2D eigenvalue weighted by molar-refractivity contribution is -0.111. The summed E-state index contributed by atoms with van der Waals surface area (Å²) in [6, 6.07) is 8.95. The van der Waals surface area contributed by atoms with Crippen LogP contribution in [-0.2, 0) is 19.6 Å². The zero-order valence-electron chi connectivity index (χ0n) is 17.9. The molecule has 1 aliphatic rings. The van der Waals surface area contributed by atoms with Gasteiger partial charge < -0.3 is 10.1 Å². The average molecular weight is 429 g/mol. The first-order valence-electron chi connectivity index (χ1n) is 9.94. The van der Waals surface area contributed by atoms with Crippen LogP contribution in [0.3, 0.4) is 0 Å². The number of carbonyl (C=O) groups excluding carboxylic acids is 1. The highest BCUT2D eigenvalue weighted by Gasteiger charge is 2.26. The van der Waals surface area contributed by atoms with Gasteiger partial charge in [0.25, 0.3) is 0 Å². The molecule has 7 heteroatoms. The molecule has 0 radical (unpaired) electrons. The fraction of sp³-hybridized carbons (Fsp3) is 0.348. The summed E-state index contributed by atoms with van der Waals surface area (Å²) >= 11 is 0. The van der Waals surface area contributed by atoms with E-state index >= 15 is 0 Å². The molecule has 1 saturated heterocycles. The highest BCUT2D eigenvalue weighted by atomic mass is 32.2. The Morgan fingerprint density at radius 2 is 1.63 bits per heavy atom. The number of carbonyl (C=O) groups is 1. The number of ether oxygens (including phenoxy) is 1. The van der Waals surface area contributed by atoms with Crippen LogP contribution >= 0.6 is 0 Å². The molecule has 2 aromatic rings. The number of nitrogens with zero attached hydrogens (tertiary/aromatic N) is 1. The third kappa shape index (κ3) is 4.98. The van der Waals surface area contributed by atoms with E-state index in [9.17, 15) is 13.2 Å². The molecule has 0 bridgehead atoms. The summed E-state index contributed by atoms with van der Waals surface area (Å²) in [7, 11) is -3.62. The fourth-order valence-electron chi connectivity index (χ4n) is 3.33. The molecular weight excluding hydrogens is 400 g/mol. The molecule has 0 aromatic heterocycles. The first kappa shape index (κ1) is 22.2. The smallest absolute Gasteiger partial charge is 0.248 e. The molecule has 0 spiro atoms. The largest absolute Gasteiger partial charge is 0.379 e. The van der Waals surface area contributed by atoms with E-state index in [-0.39, 0.29) is 10.8 Å². The zero-order chi connectivity index (χ0) is 21.9. The average Bonchev–Trinajstić information content (AvgIpc) is 2.72. The lowest BCUT2D eigenvalue weighted by atomic mass is 10.0. The zero-order valence-corrected chi connectivity index (χ0v) is 18.7. The second kappa shape index (κ2) is 9.12. The van der Waals surface area contributed by atoms with Crippen LogP contribution in [0.5, 0.6) is 0 Å². The maximum atomic E-state index is 12.9. The molecule has 6 nitrogen and oxygen atoms in total. The van der Waals surface area contributed by atoms with Gasteiger partial charge in [-0.1, -0.05) is 18.2 Å². The summed E-state index contributed by atoms with van der Waals surface area (Å²) in [6.07, 6.45) is 3.25. The van der Waals surface area contributed by atoms with Gasteiger partial charge in [-0.15, -0.1) is 0 Å². The molecule has 1 fully saturated rings. The Labute approximate surface area is 178 Å². The fourth-order valence-corrected chi connectivity index (χ4v) is 4.77. The first-order valence-corrected chi connectivity index (χ1v) is 11.4. The van der Waals surface area contributed by atoms with E-state index in [0.717, 1.165) is 22.3 Å². The Morgan fingerprint density at radius 1 is 0.967 bits per heavy atom. The summed E-state index contributed by atoms with van der Waals surface area (Å²) in [4.78, 5) is 12.7. The summed E-state index contributed by atoms with van der Waals surface area (Å²) in [5, 5.41) is 2.81. The number of benzene rings is 2. The van der Waals surface area contributed by atoms with Gasteiger partial charge >= 0.3 is 0 Å². The number of sulfonamides is 1. The standard InChI is InChI=1S/C23H28N2O4S/c1-16-5-7-21(30(27,28)25-9-11-29-12-10-25)15-22(16)24-23(26)8-6-20-14-18(3)17(2)13-19(20)4/h5-8,13-15H,9-12H2,1-4H3,(H,24,26)/b8-6+. The van der Waals surface area contributed by atoms with Gasteiger partial charge in [-0.05, 0) is 73.7 Å². The molecule has 0 saturated carbocycles. The van der Waals surface area contributed by atoms with Crippen molar-refractivity contribution < 1.29 is 17.9 Å². The Morgan fingerprint density at radius 3 is 2.33 bits per heavy atom. The SMILES string of the molecule is Cc1cc(C)c(/C=C/C(=O)Nc2cc(S(=O)(=O)N3CCOCC3)ccc2C)cc1C. The summed E-state index contributed by atoms with van der Waals surface area (Å²) < 4.78 is 32.4. The van der Waals surface area contributed by atoms with Gasteiger partial charge in [-0.2, -0.15) is 4.31 Å². The molecule has 1 heterocycles. The predicted octanol–water partition coefficient (Wildman–Crippen LogP) is 3.59. The maximum Gasteiger partial charge on any atom is 0.248 e. The van der Waals surface area contributed by atoms with Gasteiger partial charge in [0, 0.05) is 24.9 Å². The van der Waals surface area contributed by atoms with Crippen molar-refractivity contribution in [2.24, 2.45) is 0 Å². The molecule has 0 unspecified atom stereocenters. The quantitative estimate of drug-likeness (QED) is 0.739. The van der Waals surface area contributed by atoms with E-state index in [2.05, 4.69) is 24.4 Å². The molecule has 3 rings (SSSR count). The van der Waals surface area contributed by atoms with E-state index in [0.29, 0.717) is 32.0 Å². The number of morpholine rings is 1. The summed E-state index contributed by atoms with van der Waals surface area (Å²) in [6.45, 7) is 9.37. The first-order chi connectivity index (χ1) is 14.2. The van der Waals surface area contributed by atoms with Crippen LogP contribution in [0.4, 0.5) is 5.69 Å². The topological polar surface area (TPSA) is 75.7 Å². The van der Waals surface area contributed by atoms with Crippen LogP contribution in [0.2, 0.25) is 0 Å². The van der Waals surface area contributed by atoms with Gasteiger partial charge in [0.15, 0.2) is 0 Å². The minimum Gasteiger partial charge on any atom is -0.379 e. The van der Waals surface area contributed by atoms with Crippen LogP contribution in [0.1, 0.15) is 27.8 Å². The molecular formula is C23H28N2O4S. The highest BCUT2D eigenvalue weighted by Crippen LogP contribution is 2.24. The van der Waals surface area contributed by atoms with Crippen LogP contribution in [0.15, 0.2) is 41.3 Å². The third-order valence-corrected chi connectivity index (χ3v) is 7.27. The number of hydrogen-bond acceptors (Lipinski definition) is 4. The van der Waals surface area contributed by atoms with Crippen molar-refractivity contribution in [3.8, 4) is 0 Å². The van der Waals surface area contributed by atoms with E-state index in [4.69, 9.17) is 4.74 Å². The lowest BCUT2D eigenvalue weighted by Crippen LogP contribution is -2.40. The van der Waals surface area contributed by atoms with Crippen molar-refractivity contribution in [3.63, 3.8) is 0 Å². The second-order valence-corrected chi connectivity index (χ2v) is 9.55. The van der Waals surface area contributed by atoms with Crippen molar-refractivity contribution in [1.29, 1.82) is 0 Å². The molecule has 2 aromatic carbocycles. The minimum atomic E-state index is -3.62. The molecule has 0 atom stereocenters. The molecule has 30 heavy (non-hydrogen) atoms. The Kier molecular flexibility index (Phi) is 6.75. The van der Waals surface area contributed by atoms with Crippen LogP contribution in [0, 0.1) is 27.7 Å². The minimum absolute atomic E-state index is 0.166. The third-order valence-electron chi connectivity index (χ3n) is 5.37. The van der Waals surface area contributed by atoms with Gasteiger partial charge in [0.05, 0.1) is 18.1 Å². The number of aryl methyl sites for hydroxylation is 4. The molecule has 1 amide bonds. The van der Waals surface area contributed by atoms with Crippen LogP contribution in [0.25, 0.3) is 6.08 Å². The number of rotatable bonds is 5. The van der Waals surface area contributed by atoms with Crippen molar-refractivity contribution >= 4 is 27.7 Å². The van der Waals surface area contributed by atoms with Crippen LogP contribution in [-0.4, -0.2) is 44.9 Å². The maximum absolute atomic E-state index is 12.9. The van der Waals surface area contributed by atoms with E-state index in [1.807, 2.05) is 20.8 Å². The second-order valence-electron chi connectivity index (χ2n) is 7.61. The van der Waals surface area contributed by atoms with Crippen molar-refractivity contribution in [1.82, 2.24) is 4.31 Å². The highest BCUT2D eigenvalue weighted by molar-refractivity contribution is 7.89. The number of amides is 1. The molecule has 0 aliphatic carbocycles. The Bertz CT molecular complexity index is 1080. The van der Waals surface area contributed by atoms with Crippen LogP contribution < -0.4 is 5.32 Å². The molecule has 160 valence electrons. The Hall–Kier alpha value is -2.48. The summed E-state index contributed by atoms with van der Waals surface area (Å²) in [5.41, 5.74) is 5.72. The van der Waals surface area contributed by atoms with Gasteiger partial charge in [-0.25, -0.2) is 8.42 Å². The lowest BCUT2D eigenvalue weighted by Gasteiger charge is -2.26.